The molecule has 1 aromatic carbocycles. The lowest BCUT2D eigenvalue weighted by atomic mass is 10.2. The van der Waals surface area contributed by atoms with Gasteiger partial charge in [-0.1, -0.05) is 0 Å². The zero-order chi connectivity index (χ0) is 15.6. The van der Waals surface area contributed by atoms with Crippen molar-refractivity contribution in [2.75, 3.05) is 30.4 Å². The SMILES string of the molecule is CN(CC(=O)Nc1ccc(F)cc1)C1CS(=O)(=O)CC1O. The number of amides is 1. The summed E-state index contributed by atoms with van der Waals surface area (Å²) in [5.74, 6) is -1.19. The van der Waals surface area contributed by atoms with Crippen molar-refractivity contribution >= 4 is 21.4 Å². The molecule has 1 fully saturated rings. The number of anilines is 1. The highest BCUT2D eigenvalue weighted by atomic mass is 32.2. The van der Waals surface area contributed by atoms with Crippen molar-refractivity contribution in [3.63, 3.8) is 0 Å². The molecule has 21 heavy (non-hydrogen) atoms. The van der Waals surface area contributed by atoms with Crippen molar-refractivity contribution in [3.8, 4) is 0 Å². The van der Waals surface area contributed by atoms with E-state index in [1.807, 2.05) is 0 Å². The lowest BCUT2D eigenvalue weighted by Gasteiger charge is -2.25. The van der Waals surface area contributed by atoms with Crippen LogP contribution >= 0.6 is 0 Å². The number of carbonyl (C=O) groups excluding carboxylic acids is 1. The Morgan fingerprint density at radius 1 is 1.38 bits per heavy atom. The van der Waals surface area contributed by atoms with Crippen LogP contribution in [0.3, 0.4) is 0 Å². The number of hydrogen-bond donors (Lipinski definition) is 2. The molecule has 1 aliphatic heterocycles. The molecule has 2 atom stereocenters. The minimum atomic E-state index is -3.25. The topological polar surface area (TPSA) is 86.7 Å². The second-order valence-electron chi connectivity index (χ2n) is 5.18. The van der Waals surface area contributed by atoms with E-state index >= 15 is 0 Å². The smallest absolute Gasteiger partial charge is 0.238 e. The van der Waals surface area contributed by atoms with Gasteiger partial charge in [-0.3, -0.25) is 9.69 Å². The van der Waals surface area contributed by atoms with E-state index in [2.05, 4.69) is 5.32 Å². The van der Waals surface area contributed by atoms with Crippen molar-refractivity contribution in [2.45, 2.75) is 12.1 Å². The highest BCUT2D eigenvalue weighted by Crippen LogP contribution is 2.17. The summed E-state index contributed by atoms with van der Waals surface area (Å²) in [7, 11) is -1.67. The van der Waals surface area contributed by atoms with E-state index < -0.39 is 27.8 Å². The minimum absolute atomic E-state index is 0.0609. The molecule has 0 bridgehead atoms. The third-order valence-corrected chi connectivity index (χ3v) is 5.08. The zero-order valence-electron chi connectivity index (χ0n) is 11.5. The third-order valence-electron chi connectivity index (χ3n) is 3.38. The number of aliphatic hydroxyl groups excluding tert-OH is 1. The van der Waals surface area contributed by atoms with Crippen molar-refractivity contribution in [1.29, 1.82) is 0 Å². The molecule has 2 unspecified atom stereocenters. The van der Waals surface area contributed by atoms with Crippen molar-refractivity contribution in [1.82, 2.24) is 4.90 Å². The number of benzene rings is 1. The first-order valence-corrected chi connectivity index (χ1v) is 8.23. The van der Waals surface area contributed by atoms with Gasteiger partial charge in [-0.25, -0.2) is 12.8 Å². The third kappa shape index (κ3) is 4.23. The van der Waals surface area contributed by atoms with Crippen LogP contribution in [0.25, 0.3) is 0 Å². The summed E-state index contributed by atoms with van der Waals surface area (Å²) in [6, 6.07) is 4.73. The van der Waals surface area contributed by atoms with E-state index in [-0.39, 0.29) is 24.0 Å². The molecule has 6 nitrogen and oxygen atoms in total. The maximum absolute atomic E-state index is 12.7. The number of likely N-dealkylation sites (N-methyl/N-ethyl adjacent to an activating group) is 1. The molecule has 1 heterocycles. The van der Waals surface area contributed by atoms with Crippen LogP contribution in [0.2, 0.25) is 0 Å². The van der Waals surface area contributed by atoms with Gasteiger partial charge in [0.1, 0.15) is 5.82 Å². The number of hydrogen-bond acceptors (Lipinski definition) is 5. The van der Waals surface area contributed by atoms with Crippen LogP contribution in [0, 0.1) is 5.82 Å². The molecule has 1 amide bonds. The van der Waals surface area contributed by atoms with E-state index in [1.165, 1.54) is 29.2 Å². The molecule has 2 N–H and O–H groups in total. The number of aliphatic hydroxyl groups is 1. The van der Waals surface area contributed by atoms with Gasteiger partial charge in [0.15, 0.2) is 9.84 Å². The average molecular weight is 316 g/mol. The van der Waals surface area contributed by atoms with Gasteiger partial charge in [-0.15, -0.1) is 0 Å². The van der Waals surface area contributed by atoms with Crippen LogP contribution in [0.4, 0.5) is 10.1 Å². The van der Waals surface area contributed by atoms with Gasteiger partial charge in [-0.2, -0.15) is 0 Å². The van der Waals surface area contributed by atoms with Gasteiger partial charge < -0.3 is 10.4 Å². The van der Waals surface area contributed by atoms with E-state index in [4.69, 9.17) is 0 Å². The predicted octanol–water partition coefficient (Wildman–Crippen LogP) is -0.146. The first kappa shape index (κ1) is 15.9. The van der Waals surface area contributed by atoms with Crippen LogP contribution in [0.1, 0.15) is 0 Å². The van der Waals surface area contributed by atoms with Crippen LogP contribution in [-0.4, -0.2) is 61.6 Å². The second kappa shape index (κ2) is 6.08. The van der Waals surface area contributed by atoms with Crippen LogP contribution in [0.5, 0.6) is 0 Å². The number of halogens is 1. The number of rotatable bonds is 4. The maximum atomic E-state index is 12.7. The van der Waals surface area contributed by atoms with Gasteiger partial charge in [-0.05, 0) is 31.3 Å². The second-order valence-corrected chi connectivity index (χ2v) is 7.34. The Hall–Kier alpha value is -1.51. The summed E-state index contributed by atoms with van der Waals surface area (Å²) >= 11 is 0. The summed E-state index contributed by atoms with van der Waals surface area (Å²) in [4.78, 5) is 13.4. The molecular weight excluding hydrogens is 299 g/mol. The van der Waals surface area contributed by atoms with E-state index in [1.54, 1.807) is 7.05 Å². The standard InChI is InChI=1S/C13H17FN2O4S/c1-16(11-7-21(19,20)8-12(11)17)6-13(18)15-10-4-2-9(14)3-5-10/h2-5,11-12,17H,6-8H2,1H3,(H,15,18). The van der Waals surface area contributed by atoms with E-state index in [9.17, 15) is 22.7 Å². The first-order chi connectivity index (χ1) is 9.77. The summed E-state index contributed by atoms with van der Waals surface area (Å²) < 4.78 is 35.6. The maximum Gasteiger partial charge on any atom is 0.238 e. The Balaban J connectivity index is 1.92. The Labute approximate surface area is 122 Å². The predicted molar refractivity (Wildman–Crippen MR) is 76.1 cm³/mol. The van der Waals surface area contributed by atoms with Crippen molar-refractivity contribution in [3.05, 3.63) is 30.1 Å². The normalized spacial score (nSPS) is 24.2. The van der Waals surface area contributed by atoms with Crippen LogP contribution < -0.4 is 5.32 Å². The molecule has 2 rings (SSSR count). The molecule has 1 aliphatic rings. The summed E-state index contributed by atoms with van der Waals surface area (Å²) in [5, 5.41) is 12.3. The summed E-state index contributed by atoms with van der Waals surface area (Å²) in [5.41, 5.74) is 0.453. The Kier molecular flexibility index (Phi) is 4.60. The zero-order valence-corrected chi connectivity index (χ0v) is 12.3. The van der Waals surface area contributed by atoms with E-state index in [0.717, 1.165) is 0 Å². The van der Waals surface area contributed by atoms with Crippen LogP contribution in [-0.2, 0) is 14.6 Å². The number of nitrogens with zero attached hydrogens (tertiary/aromatic N) is 1. The largest absolute Gasteiger partial charge is 0.390 e. The first-order valence-electron chi connectivity index (χ1n) is 6.41. The summed E-state index contributed by atoms with van der Waals surface area (Å²) in [6.07, 6.45) is -0.987. The minimum Gasteiger partial charge on any atom is -0.390 e. The number of carbonyl (C=O) groups is 1. The van der Waals surface area contributed by atoms with Gasteiger partial charge in [0, 0.05) is 5.69 Å². The highest BCUT2D eigenvalue weighted by Gasteiger charge is 2.39. The van der Waals surface area contributed by atoms with Crippen molar-refractivity contribution in [2.24, 2.45) is 0 Å². The summed E-state index contributed by atoms with van der Waals surface area (Å²) in [6.45, 7) is -0.0609. The molecular formula is C13H17FN2O4S. The Bertz CT molecular complexity index is 618. The van der Waals surface area contributed by atoms with Crippen molar-refractivity contribution < 1.29 is 22.7 Å². The molecule has 0 aromatic heterocycles. The quantitative estimate of drug-likeness (QED) is 0.807. The van der Waals surface area contributed by atoms with Crippen LogP contribution in [0.15, 0.2) is 24.3 Å². The lowest BCUT2D eigenvalue weighted by molar-refractivity contribution is -0.117. The highest BCUT2D eigenvalue weighted by molar-refractivity contribution is 7.91. The molecule has 0 radical (unpaired) electrons. The molecule has 116 valence electrons. The molecule has 0 aliphatic carbocycles. The Morgan fingerprint density at radius 2 is 2.00 bits per heavy atom. The monoisotopic (exact) mass is 316 g/mol. The van der Waals surface area contributed by atoms with Gasteiger partial charge in [0.2, 0.25) is 5.91 Å². The molecule has 0 spiro atoms. The number of sulfone groups is 1. The van der Waals surface area contributed by atoms with Gasteiger partial charge in [0.25, 0.3) is 0 Å². The molecule has 8 heteroatoms. The average Bonchev–Trinajstić information content (AvgIpc) is 2.65. The fourth-order valence-electron chi connectivity index (χ4n) is 2.31. The molecule has 1 aromatic rings. The van der Waals surface area contributed by atoms with Gasteiger partial charge >= 0.3 is 0 Å². The van der Waals surface area contributed by atoms with E-state index in [0.29, 0.717) is 5.69 Å². The molecule has 0 saturated carbocycles. The fourth-order valence-corrected chi connectivity index (χ4v) is 4.18. The number of nitrogens with one attached hydrogen (secondary N) is 1. The Morgan fingerprint density at radius 3 is 2.52 bits per heavy atom. The lowest BCUT2D eigenvalue weighted by Crippen LogP contribution is -2.44. The fraction of sp³-hybridized carbons (Fsp3) is 0.462. The van der Waals surface area contributed by atoms with Gasteiger partial charge in [0.05, 0.1) is 30.2 Å². The molecule has 1 saturated heterocycles.